The van der Waals surface area contributed by atoms with Crippen molar-refractivity contribution in [2.24, 2.45) is 0 Å². The molecule has 2 N–H and O–H groups in total. The van der Waals surface area contributed by atoms with Gasteiger partial charge in [0.2, 0.25) is 0 Å². The Kier molecular flexibility index (Phi) is 8.90. The maximum absolute atomic E-state index is 6.00. The zero-order chi connectivity index (χ0) is 7.11. The van der Waals surface area contributed by atoms with Crippen LogP contribution < -0.4 is 5.73 Å². The van der Waals surface area contributed by atoms with Crippen LogP contribution in [0.4, 0.5) is 5.69 Å². The van der Waals surface area contributed by atoms with Crippen molar-refractivity contribution in [3.05, 3.63) is 30.3 Å². The summed E-state index contributed by atoms with van der Waals surface area (Å²) in [5.41, 5.74) is 6.18. The first-order valence-electron chi connectivity index (χ1n) is 2.40. The minimum absolute atomic E-state index is 0. The van der Waals surface area contributed by atoms with E-state index in [2.05, 4.69) is 0 Å². The number of rotatable bonds is 0. The van der Waals surface area contributed by atoms with Crippen LogP contribution in [0, 0.1) is 10.8 Å². The fourth-order valence-electron chi connectivity index (χ4n) is 0.453. The van der Waals surface area contributed by atoms with Crippen LogP contribution in [0.25, 0.3) is 0 Å². The number of halogens is 1. The average Bonchev–Trinajstić information content (AvgIpc) is 1.94. The molecule has 0 unspecified atom stereocenters. The highest BCUT2D eigenvalue weighted by molar-refractivity contribution is 5.85. The molecule has 0 heterocycles. The fraction of sp³-hybridized carbons (Fsp3) is 0. The molecule has 0 spiro atoms. The summed E-state index contributed by atoms with van der Waals surface area (Å²) in [6.07, 6.45) is 0. The molecule has 0 aliphatic rings. The first kappa shape index (κ1) is 11.5. The molecule has 1 aromatic carbocycles. The molecule has 0 fully saturated rings. The summed E-state index contributed by atoms with van der Waals surface area (Å²) in [5.74, 6) is 0. The molecule has 0 aromatic heterocycles. The van der Waals surface area contributed by atoms with Gasteiger partial charge in [-0.05, 0) is 12.1 Å². The number of hydrogen-bond donors (Lipinski definition) is 1. The number of hydrogen-bond acceptors (Lipinski definition) is 3. The molecular weight excluding hydrogens is 150 g/mol. The monoisotopic (exact) mass is 157 g/mol. The largest absolute Gasteiger partial charge is 0.399 e. The van der Waals surface area contributed by atoms with E-state index < -0.39 is 0 Å². The third-order valence-electron chi connectivity index (χ3n) is 0.800. The van der Waals surface area contributed by atoms with Gasteiger partial charge in [0.05, 0.1) is 0 Å². The summed E-state index contributed by atoms with van der Waals surface area (Å²) in [6.45, 7) is 0. The lowest BCUT2D eigenvalue weighted by Gasteiger charge is -1.83. The Balaban J connectivity index is 0. The van der Waals surface area contributed by atoms with Gasteiger partial charge in [-0.1, -0.05) is 18.2 Å². The number of anilines is 1. The second-order valence-corrected chi connectivity index (χ2v) is 1.41. The Bertz CT molecular complexity index is 173. The van der Waals surface area contributed by atoms with E-state index in [4.69, 9.17) is 16.5 Å². The first-order valence-corrected chi connectivity index (χ1v) is 2.40. The van der Waals surface area contributed by atoms with Crippen molar-refractivity contribution in [1.82, 2.24) is 0 Å². The fourth-order valence-corrected chi connectivity index (χ4v) is 0.453. The molecule has 3 nitrogen and oxygen atoms in total. The Labute approximate surface area is 65.7 Å². The maximum atomic E-state index is 6.00. The molecular formula is C6H8ClN3. The number of para-hydroxylation sites is 1. The topological polar surface area (TPSA) is 73.6 Å². The lowest BCUT2D eigenvalue weighted by Crippen LogP contribution is -1.79. The smallest absolute Gasteiger partial charge is 0.0313 e. The van der Waals surface area contributed by atoms with Crippen LogP contribution in [-0.4, -0.2) is 0 Å². The third kappa shape index (κ3) is 4.88. The predicted octanol–water partition coefficient (Wildman–Crippen LogP) is 1.72. The highest BCUT2D eigenvalue weighted by Gasteiger charge is 1.72. The normalized spacial score (nSPS) is 6.20. The highest BCUT2D eigenvalue weighted by atomic mass is 35.5. The molecule has 1 aromatic rings. The molecule has 0 saturated carbocycles. The van der Waals surface area contributed by atoms with E-state index in [9.17, 15) is 0 Å². The van der Waals surface area contributed by atoms with E-state index >= 15 is 0 Å². The van der Waals surface area contributed by atoms with E-state index in [0.717, 1.165) is 5.69 Å². The van der Waals surface area contributed by atoms with Crippen molar-refractivity contribution in [1.29, 1.82) is 10.8 Å². The average molecular weight is 158 g/mol. The van der Waals surface area contributed by atoms with Gasteiger partial charge < -0.3 is 5.73 Å². The van der Waals surface area contributed by atoms with E-state index in [0.29, 0.717) is 0 Å². The first-order chi connectivity index (χ1) is 4.39. The van der Waals surface area contributed by atoms with Gasteiger partial charge in [0.15, 0.2) is 0 Å². The van der Waals surface area contributed by atoms with Crippen LogP contribution in [0.5, 0.6) is 0 Å². The van der Waals surface area contributed by atoms with Crippen LogP contribution in [0.2, 0.25) is 0 Å². The van der Waals surface area contributed by atoms with Crippen LogP contribution in [0.3, 0.4) is 0 Å². The molecule has 0 aliphatic heterocycles. The van der Waals surface area contributed by atoms with Crippen molar-refractivity contribution >= 4 is 18.1 Å². The molecule has 0 aliphatic carbocycles. The maximum Gasteiger partial charge on any atom is 0.0313 e. The predicted molar refractivity (Wildman–Crippen MR) is 41.6 cm³/mol. The molecule has 0 saturated heterocycles. The Morgan fingerprint density at radius 2 is 1.40 bits per heavy atom. The van der Waals surface area contributed by atoms with Gasteiger partial charge in [0, 0.05) is 16.5 Å². The summed E-state index contributed by atoms with van der Waals surface area (Å²) in [6, 6.07) is 9.49. The molecule has 0 bridgehead atoms. The molecule has 0 atom stereocenters. The second kappa shape index (κ2) is 7.73. The summed E-state index contributed by atoms with van der Waals surface area (Å²) in [4.78, 5) is 0. The second-order valence-electron chi connectivity index (χ2n) is 1.41. The molecule has 1 rings (SSSR count). The molecule has 4 heteroatoms. The van der Waals surface area contributed by atoms with E-state index in [1.807, 2.05) is 30.3 Å². The summed E-state index contributed by atoms with van der Waals surface area (Å²) in [7, 11) is 0. The van der Waals surface area contributed by atoms with E-state index in [-0.39, 0.29) is 12.4 Å². The lowest BCUT2D eigenvalue weighted by molar-refractivity contribution is 1.15. The van der Waals surface area contributed by atoms with Crippen LogP contribution >= 0.6 is 12.4 Å². The van der Waals surface area contributed by atoms with Gasteiger partial charge in [0.25, 0.3) is 0 Å². The molecule has 0 amide bonds. The van der Waals surface area contributed by atoms with E-state index in [1.165, 1.54) is 0 Å². The van der Waals surface area contributed by atoms with Crippen molar-refractivity contribution in [3.8, 4) is 0 Å². The summed E-state index contributed by atoms with van der Waals surface area (Å²) < 4.78 is 0. The van der Waals surface area contributed by atoms with Gasteiger partial charge in [-0.15, -0.1) is 12.4 Å². The Morgan fingerprint density at radius 3 is 1.60 bits per heavy atom. The Hall–Kier alpha value is -1.27. The van der Waals surface area contributed by atoms with Crippen LogP contribution in [-0.2, 0) is 0 Å². The van der Waals surface area contributed by atoms with E-state index in [1.54, 1.807) is 0 Å². The lowest BCUT2D eigenvalue weighted by atomic mass is 10.3. The molecule has 10 heavy (non-hydrogen) atoms. The van der Waals surface area contributed by atoms with Crippen molar-refractivity contribution in [3.63, 3.8) is 0 Å². The van der Waals surface area contributed by atoms with Crippen LogP contribution in [0.15, 0.2) is 30.3 Å². The van der Waals surface area contributed by atoms with Crippen LogP contribution in [0.1, 0.15) is 0 Å². The standard InChI is InChI=1S/C6H7N.ClH.N2/c7-6-4-2-1-3-5-6;;1-2/h1-5H,7H2;1H;. The Morgan fingerprint density at radius 1 is 1.00 bits per heavy atom. The van der Waals surface area contributed by atoms with Crippen molar-refractivity contribution < 1.29 is 0 Å². The summed E-state index contributed by atoms with van der Waals surface area (Å²) >= 11 is 0. The zero-order valence-corrected chi connectivity index (χ0v) is 6.08. The van der Waals surface area contributed by atoms with Gasteiger partial charge in [-0.25, -0.2) is 0 Å². The van der Waals surface area contributed by atoms with Gasteiger partial charge >= 0.3 is 0 Å². The number of nitrogens with zero attached hydrogens (tertiary/aromatic N) is 2. The minimum atomic E-state index is 0. The van der Waals surface area contributed by atoms with Gasteiger partial charge in [0.1, 0.15) is 0 Å². The summed E-state index contributed by atoms with van der Waals surface area (Å²) in [5, 5.41) is 12.0. The molecule has 0 radical (unpaired) electrons. The minimum Gasteiger partial charge on any atom is -0.399 e. The van der Waals surface area contributed by atoms with Gasteiger partial charge in [-0.2, -0.15) is 0 Å². The highest BCUT2D eigenvalue weighted by Crippen LogP contribution is 1.95. The van der Waals surface area contributed by atoms with Gasteiger partial charge in [-0.3, -0.25) is 0 Å². The zero-order valence-electron chi connectivity index (χ0n) is 5.27. The van der Waals surface area contributed by atoms with Crippen molar-refractivity contribution in [2.45, 2.75) is 0 Å². The number of benzene rings is 1. The number of nitrogen functional groups attached to an aromatic ring is 1. The quantitative estimate of drug-likeness (QED) is 0.460. The molecule has 54 valence electrons. The SMILES string of the molecule is Cl.N#N.Nc1ccccc1. The van der Waals surface area contributed by atoms with Crippen molar-refractivity contribution in [2.75, 3.05) is 5.73 Å². The number of nitrogens with two attached hydrogens (primary N) is 1. The third-order valence-corrected chi connectivity index (χ3v) is 0.800.